The molecule has 15 nitrogen and oxygen atoms in total. The second-order valence-corrected chi connectivity index (χ2v) is 18.8. The van der Waals surface area contributed by atoms with Gasteiger partial charge in [0.2, 0.25) is 11.8 Å². The summed E-state index contributed by atoms with van der Waals surface area (Å²) in [6.45, 7) is 8.90. The third-order valence-corrected chi connectivity index (χ3v) is 14.2. The monoisotopic (exact) mass is 869 g/mol. The smallest absolute Gasteiger partial charge is 0.407 e. The maximum atomic E-state index is 13.8. The van der Waals surface area contributed by atoms with E-state index in [1.807, 2.05) is 49.8 Å². The maximum absolute atomic E-state index is 13.8. The summed E-state index contributed by atoms with van der Waals surface area (Å²) in [6.07, 6.45) is 9.27. The molecule has 10 rings (SSSR count). The van der Waals surface area contributed by atoms with Gasteiger partial charge in [-0.15, -0.1) is 10.2 Å². The van der Waals surface area contributed by atoms with E-state index in [2.05, 4.69) is 52.0 Å². The third kappa shape index (κ3) is 8.02. The van der Waals surface area contributed by atoms with Crippen molar-refractivity contribution in [2.75, 3.05) is 27.3 Å². The molecule has 1 saturated carbocycles. The van der Waals surface area contributed by atoms with E-state index in [4.69, 9.17) is 29.6 Å². The third-order valence-electron chi connectivity index (χ3n) is 14.2. The van der Waals surface area contributed by atoms with Crippen molar-refractivity contribution in [2.45, 2.75) is 121 Å². The highest BCUT2D eigenvalue weighted by Crippen LogP contribution is 2.54. The Balaban J connectivity index is 0.937. The first-order valence-corrected chi connectivity index (χ1v) is 23.0. The van der Waals surface area contributed by atoms with Gasteiger partial charge in [-0.3, -0.25) is 14.6 Å². The quantitative estimate of drug-likeness (QED) is 0.134. The van der Waals surface area contributed by atoms with Crippen LogP contribution in [0.25, 0.3) is 39.1 Å². The molecule has 4 atom stereocenters. The number of amides is 4. The second-order valence-electron chi connectivity index (χ2n) is 18.8. The number of carbonyl (C=O) groups is 4. The predicted molar refractivity (Wildman–Crippen MR) is 243 cm³/mol. The molecule has 4 aromatic rings. The Morgan fingerprint density at radius 2 is 1.20 bits per heavy atom. The van der Waals surface area contributed by atoms with Crippen LogP contribution >= 0.6 is 0 Å². The largest absolute Gasteiger partial charge is 0.453 e. The van der Waals surface area contributed by atoms with Crippen molar-refractivity contribution < 1.29 is 28.7 Å². The molecule has 3 N–H and O–H groups in total. The number of hydrogen-bond acceptors (Lipinski definition) is 10. The number of fused-ring (bicyclic) bond motifs is 3. The normalized spacial score (nSPS) is 22.4. The maximum Gasteiger partial charge on any atom is 0.407 e. The van der Waals surface area contributed by atoms with Gasteiger partial charge in [-0.1, -0.05) is 58.0 Å². The summed E-state index contributed by atoms with van der Waals surface area (Å²) in [5.74, 6) is 1.13. The number of methoxy groups -OCH3 is 2. The second kappa shape index (κ2) is 17.8. The molecule has 3 aliphatic heterocycles. The lowest BCUT2D eigenvalue weighted by atomic mass is 9.65. The number of alkyl carbamates (subject to hydrolysis) is 2. The highest BCUT2D eigenvalue weighted by Gasteiger charge is 2.41. The minimum atomic E-state index is -0.700. The Bertz CT molecular complexity index is 2520. The van der Waals surface area contributed by atoms with Crippen LogP contribution in [0.1, 0.15) is 126 Å². The standard InChI is InChI=1S/C49H59N9O6/c1-26(2)41(53-48(61)63-5)46(59)57-21-7-9-37(57)36-24-33(25-50-36)28-11-17-31(18-12-28)43-39-29-13-15-30(16-14-29)40(39)44(56-55-43)32-19-20-34-35(23-32)52-45(51-34)38-10-8-22-58(38)47(60)42(27(3)4)54-49(62)64-6/h11-12,17-20,23,25-27,29-30,37-38,41-42H,7-10,13-16,21-22,24H2,1-6H3,(H,51,52)(H,53,61)(H,54,62)/t29?,30?,37?,38-,41+,42+/m1/s1. The van der Waals surface area contributed by atoms with Crippen molar-refractivity contribution in [3.63, 3.8) is 0 Å². The first kappa shape index (κ1) is 43.1. The number of allylic oxidation sites excluding steroid dienone is 1. The average Bonchev–Trinajstić information content (AvgIpc) is 4.16. The molecule has 2 bridgehead atoms. The molecule has 6 aliphatic rings. The lowest BCUT2D eigenvalue weighted by Crippen LogP contribution is -2.53. The lowest BCUT2D eigenvalue weighted by Gasteiger charge is -2.40. The van der Waals surface area contributed by atoms with Gasteiger partial charge in [-0.05, 0) is 109 Å². The highest BCUT2D eigenvalue weighted by atomic mass is 16.5. The fourth-order valence-corrected chi connectivity index (χ4v) is 10.8. The zero-order valence-corrected chi connectivity index (χ0v) is 37.6. The summed E-state index contributed by atoms with van der Waals surface area (Å²) in [6, 6.07) is 13.1. The number of hydrogen-bond donors (Lipinski definition) is 3. The molecule has 0 spiro atoms. The zero-order chi connectivity index (χ0) is 44.8. The molecule has 3 fully saturated rings. The molecule has 3 aliphatic carbocycles. The molecular formula is C49H59N9O6. The number of ether oxygens (including phenoxy) is 2. The number of nitrogens with zero attached hydrogens (tertiary/aromatic N) is 6. The fourth-order valence-electron chi connectivity index (χ4n) is 10.8. The first-order chi connectivity index (χ1) is 30.9. The molecule has 1 unspecified atom stereocenters. The van der Waals surface area contributed by atoms with E-state index in [-0.39, 0.29) is 35.7 Å². The van der Waals surface area contributed by atoms with Crippen molar-refractivity contribution in [1.29, 1.82) is 0 Å². The Labute approximate surface area is 373 Å². The van der Waals surface area contributed by atoms with E-state index >= 15 is 0 Å². The number of nitrogens with one attached hydrogen (secondary N) is 3. The molecule has 5 heterocycles. The van der Waals surface area contributed by atoms with E-state index in [0.717, 1.165) is 108 Å². The summed E-state index contributed by atoms with van der Waals surface area (Å²) < 4.78 is 9.62. The Morgan fingerprint density at radius 1 is 0.688 bits per heavy atom. The SMILES string of the molecule is COC(=O)N[C@H](C(=O)N1CCCC1C1=NC=C(c2ccc(-c3nnc(-c4ccc5nc([C@H]6CCCN6C(=O)[C@@H](NC(=O)OC)C(C)C)[nH]c5c4)c4c3C3CCC4CC3)cc2)C1)C(C)C. The van der Waals surface area contributed by atoms with Gasteiger partial charge in [0.25, 0.3) is 0 Å². The van der Waals surface area contributed by atoms with Gasteiger partial charge in [0.1, 0.15) is 17.9 Å². The predicted octanol–water partition coefficient (Wildman–Crippen LogP) is 8.04. The molecule has 2 aromatic carbocycles. The van der Waals surface area contributed by atoms with Gasteiger partial charge in [-0.25, -0.2) is 14.6 Å². The van der Waals surface area contributed by atoms with Crippen molar-refractivity contribution in [1.82, 2.24) is 40.6 Å². The summed E-state index contributed by atoms with van der Waals surface area (Å²) in [5, 5.41) is 15.5. The van der Waals surface area contributed by atoms with E-state index in [9.17, 15) is 19.2 Å². The van der Waals surface area contributed by atoms with Gasteiger partial charge in [0, 0.05) is 42.5 Å². The minimum Gasteiger partial charge on any atom is -0.453 e. The van der Waals surface area contributed by atoms with E-state index in [0.29, 0.717) is 31.3 Å². The summed E-state index contributed by atoms with van der Waals surface area (Å²) in [7, 11) is 2.61. The van der Waals surface area contributed by atoms with Gasteiger partial charge in [-0.2, -0.15) is 0 Å². The average molecular weight is 870 g/mol. The van der Waals surface area contributed by atoms with Gasteiger partial charge < -0.3 is 34.9 Å². The molecule has 336 valence electrons. The number of aliphatic imine (C=N–C) groups is 1. The number of benzene rings is 2. The topological polar surface area (TPSA) is 184 Å². The van der Waals surface area contributed by atoms with Crippen molar-refractivity contribution in [3.8, 4) is 22.5 Å². The number of carbonyl (C=O) groups excluding carboxylic acids is 4. The van der Waals surface area contributed by atoms with Crippen LogP contribution in [-0.4, -0.2) is 105 Å². The fraction of sp³-hybridized carbons (Fsp3) is 0.510. The zero-order valence-electron chi connectivity index (χ0n) is 37.6. The van der Waals surface area contributed by atoms with Crippen molar-refractivity contribution in [2.24, 2.45) is 16.8 Å². The van der Waals surface area contributed by atoms with Crippen molar-refractivity contribution in [3.05, 3.63) is 71.2 Å². The summed E-state index contributed by atoms with van der Waals surface area (Å²) in [5.41, 5.74) is 11.4. The number of aromatic nitrogens is 4. The summed E-state index contributed by atoms with van der Waals surface area (Å²) in [4.78, 5) is 68.8. The van der Waals surface area contributed by atoms with Crippen LogP contribution in [-0.2, 0) is 19.1 Å². The van der Waals surface area contributed by atoms with Crippen LogP contribution in [0.15, 0.2) is 53.7 Å². The molecule has 2 aromatic heterocycles. The lowest BCUT2D eigenvalue weighted by molar-refractivity contribution is -0.135. The highest BCUT2D eigenvalue weighted by molar-refractivity contribution is 6.04. The number of H-pyrrole nitrogens is 1. The molecule has 2 saturated heterocycles. The van der Waals surface area contributed by atoms with E-state index in [1.165, 1.54) is 25.3 Å². The Kier molecular flexibility index (Phi) is 12.0. The van der Waals surface area contributed by atoms with Crippen LogP contribution in [0.4, 0.5) is 9.59 Å². The molecule has 0 radical (unpaired) electrons. The number of imidazole rings is 1. The number of likely N-dealkylation sites (tertiary alicyclic amines) is 2. The van der Waals surface area contributed by atoms with Gasteiger partial charge >= 0.3 is 12.2 Å². The summed E-state index contributed by atoms with van der Waals surface area (Å²) >= 11 is 0. The molecular weight excluding hydrogens is 811 g/mol. The Hall–Kier alpha value is -6.12. The molecule has 4 amide bonds. The van der Waals surface area contributed by atoms with E-state index in [1.54, 1.807) is 0 Å². The minimum absolute atomic E-state index is 0.0919. The number of rotatable bonds is 11. The molecule has 15 heteroatoms. The Morgan fingerprint density at radius 3 is 1.77 bits per heavy atom. The van der Waals surface area contributed by atoms with Gasteiger partial charge in [0.15, 0.2) is 0 Å². The molecule has 64 heavy (non-hydrogen) atoms. The number of aromatic amines is 1. The van der Waals surface area contributed by atoms with Gasteiger partial charge in [0.05, 0.1) is 48.7 Å². The van der Waals surface area contributed by atoms with Crippen LogP contribution in [0.2, 0.25) is 0 Å². The van der Waals surface area contributed by atoms with Crippen LogP contribution in [0.3, 0.4) is 0 Å². The van der Waals surface area contributed by atoms with Crippen LogP contribution in [0, 0.1) is 11.8 Å². The van der Waals surface area contributed by atoms with Crippen LogP contribution in [0.5, 0.6) is 0 Å². The first-order valence-electron chi connectivity index (χ1n) is 23.0. The van der Waals surface area contributed by atoms with Crippen molar-refractivity contribution >= 4 is 46.3 Å². The van der Waals surface area contributed by atoms with Crippen LogP contribution < -0.4 is 10.6 Å². The van der Waals surface area contributed by atoms with E-state index < -0.39 is 24.3 Å².